The Morgan fingerprint density at radius 3 is 2.60 bits per heavy atom. The minimum Gasteiger partial charge on any atom is -0.493 e. The minimum absolute atomic E-state index is 0.125. The number of hydrogen-bond donors (Lipinski definition) is 0. The Kier molecular flexibility index (Phi) is 8.13. The van der Waals surface area contributed by atoms with E-state index in [0.717, 1.165) is 37.0 Å². The number of amides is 2. The van der Waals surface area contributed by atoms with E-state index < -0.39 is 0 Å². The number of methoxy groups -OCH3 is 2. The first-order valence-corrected chi connectivity index (χ1v) is 11.6. The molecule has 2 heterocycles. The van der Waals surface area contributed by atoms with Crippen LogP contribution in [0.15, 0.2) is 23.1 Å². The third-order valence-corrected chi connectivity index (χ3v) is 6.80. The van der Waals surface area contributed by atoms with E-state index in [-0.39, 0.29) is 24.1 Å². The summed E-state index contributed by atoms with van der Waals surface area (Å²) in [4.78, 5) is 29.7. The lowest BCUT2D eigenvalue weighted by atomic mass is 10.0. The molecule has 2 fully saturated rings. The molecule has 2 aliphatic heterocycles. The van der Waals surface area contributed by atoms with Crippen molar-refractivity contribution in [2.75, 3.05) is 39.7 Å². The number of benzene rings is 1. The zero-order valence-corrected chi connectivity index (χ0v) is 18.9. The largest absolute Gasteiger partial charge is 0.493 e. The zero-order valence-electron chi connectivity index (χ0n) is 18.1. The van der Waals surface area contributed by atoms with Crippen molar-refractivity contribution in [3.05, 3.63) is 18.2 Å². The van der Waals surface area contributed by atoms with Crippen molar-refractivity contribution < 1.29 is 23.8 Å². The molecule has 0 radical (unpaired) electrons. The summed E-state index contributed by atoms with van der Waals surface area (Å²) >= 11 is 1.50. The van der Waals surface area contributed by atoms with Gasteiger partial charge in [-0.05, 0) is 37.5 Å². The van der Waals surface area contributed by atoms with Gasteiger partial charge in [-0.1, -0.05) is 19.8 Å². The van der Waals surface area contributed by atoms with Crippen LogP contribution < -0.4 is 9.47 Å². The Balaban J connectivity index is 1.49. The maximum atomic E-state index is 12.7. The number of thioether (sulfide) groups is 1. The Labute approximate surface area is 183 Å². The van der Waals surface area contributed by atoms with Crippen molar-refractivity contribution in [2.24, 2.45) is 0 Å². The molecule has 166 valence electrons. The van der Waals surface area contributed by atoms with Crippen LogP contribution in [-0.4, -0.2) is 73.6 Å². The molecule has 1 aromatic rings. The Morgan fingerprint density at radius 1 is 1.20 bits per heavy atom. The number of rotatable bonds is 9. The first-order chi connectivity index (χ1) is 14.6. The van der Waals surface area contributed by atoms with E-state index in [9.17, 15) is 9.59 Å². The first kappa shape index (κ1) is 22.6. The van der Waals surface area contributed by atoms with Crippen molar-refractivity contribution in [2.45, 2.75) is 56.0 Å². The molecule has 30 heavy (non-hydrogen) atoms. The van der Waals surface area contributed by atoms with E-state index >= 15 is 0 Å². The summed E-state index contributed by atoms with van der Waals surface area (Å²) < 4.78 is 15.9. The van der Waals surface area contributed by atoms with Gasteiger partial charge in [-0.15, -0.1) is 11.8 Å². The van der Waals surface area contributed by atoms with E-state index in [1.807, 2.05) is 28.0 Å². The maximum Gasteiger partial charge on any atom is 0.410 e. The molecule has 0 spiro atoms. The summed E-state index contributed by atoms with van der Waals surface area (Å²) in [6.07, 6.45) is 4.63. The molecule has 1 unspecified atom stereocenters. The monoisotopic (exact) mass is 436 g/mol. The summed E-state index contributed by atoms with van der Waals surface area (Å²) in [5.41, 5.74) is 0. The molecule has 1 atom stereocenters. The molecule has 2 amide bonds. The van der Waals surface area contributed by atoms with Crippen molar-refractivity contribution in [3.63, 3.8) is 0 Å². The summed E-state index contributed by atoms with van der Waals surface area (Å²) in [6, 6.07) is 6.02. The summed E-state index contributed by atoms with van der Waals surface area (Å²) in [5, 5.41) is 0. The number of hydrogen-bond acceptors (Lipinski definition) is 6. The van der Waals surface area contributed by atoms with Crippen molar-refractivity contribution in [1.29, 1.82) is 0 Å². The van der Waals surface area contributed by atoms with E-state index in [2.05, 4.69) is 6.92 Å². The standard InChI is InChI=1S/C22H32N2O5S/c1-4-5-6-17-14-29-22(26)24(17)16-9-11-23(12-10-16)21(25)15-30-18-7-8-19(27-2)20(13-18)28-3/h7-8,13,16-17H,4-6,9-12,14-15H2,1-3H3. The minimum atomic E-state index is -0.190. The van der Waals surface area contributed by atoms with Gasteiger partial charge in [0.15, 0.2) is 11.5 Å². The molecule has 1 aromatic carbocycles. The summed E-state index contributed by atoms with van der Waals surface area (Å²) in [5.74, 6) is 1.84. The third kappa shape index (κ3) is 5.33. The molecule has 0 bridgehead atoms. The van der Waals surface area contributed by atoms with Gasteiger partial charge in [0.2, 0.25) is 5.91 Å². The van der Waals surface area contributed by atoms with Crippen molar-refractivity contribution in [1.82, 2.24) is 9.80 Å². The van der Waals surface area contributed by atoms with Crippen LogP contribution in [0.25, 0.3) is 0 Å². The van der Waals surface area contributed by atoms with Gasteiger partial charge >= 0.3 is 6.09 Å². The number of likely N-dealkylation sites (tertiary alicyclic amines) is 1. The molecule has 2 saturated heterocycles. The molecule has 0 saturated carbocycles. The smallest absolute Gasteiger partial charge is 0.410 e. The first-order valence-electron chi connectivity index (χ1n) is 10.6. The Hall–Kier alpha value is -2.09. The van der Waals surface area contributed by atoms with Crippen LogP contribution in [0.1, 0.15) is 39.0 Å². The molecule has 8 heteroatoms. The predicted molar refractivity (Wildman–Crippen MR) is 116 cm³/mol. The number of nitrogens with zero attached hydrogens (tertiary/aromatic N) is 2. The summed E-state index contributed by atoms with van der Waals surface area (Å²) in [7, 11) is 3.20. The fourth-order valence-corrected chi connectivity index (χ4v) is 4.94. The van der Waals surface area contributed by atoms with Crippen LogP contribution in [-0.2, 0) is 9.53 Å². The fourth-order valence-electron chi connectivity index (χ4n) is 4.12. The number of carbonyl (C=O) groups is 2. The van der Waals surface area contributed by atoms with Crippen LogP contribution in [0.3, 0.4) is 0 Å². The van der Waals surface area contributed by atoms with Crippen LogP contribution in [0.2, 0.25) is 0 Å². The number of cyclic esters (lactones) is 1. The quantitative estimate of drug-likeness (QED) is 0.549. The van der Waals surface area contributed by atoms with Crippen LogP contribution in [0, 0.1) is 0 Å². The van der Waals surface area contributed by atoms with Crippen molar-refractivity contribution in [3.8, 4) is 11.5 Å². The molecule has 7 nitrogen and oxygen atoms in total. The molecule has 0 aromatic heterocycles. The highest BCUT2D eigenvalue weighted by Gasteiger charge is 2.39. The third-order valence-electron chi connectivity index (χ3n) is 5.82. The lowest BCUT2D eigenvalue weighted by Gasteiger charge is -2.38. The number of carbonyl (C=O) groups excluding carboxylic acids is 2. The lowest BCUT2D eigenvalue weighted by molar-refractivity contribution is -0.129. The van der Waals surface area contributed by atoms with Gasteiger partial charge in [-0.25, -0.2) is 4.79 Å². The van der Waals surface area contributed by atoms with E-state index in [0.29, 0.717) is 36.9 Å². The second-order valence-corrected chi connectivity index (χ2v) is 8.75. The van der Waals surface area contributed by atoms with E-state index in [4.69, 9.17) is 14.2 Å². The molecule has 0 N–H and O–H groups in total. The highest BCUT2D eigenvalue weighted by Crippen LogP contribution is 2.32. The SMILES string of the molecule is CCCCC1COC(=O)N1C1CCN(C(=O)CSc2ccc(OC)c(OC)c2)CC1. The van der Waals surface area contributed by atoms with Gasteiger partial charge < -0.3 is 19.1 Å². The number of ether oxygens (including phenoxy) is 3. The number of piperidine rings is 1. The van der Waals surface area contributed by atoms with Gasteiger partial charge in [-0.2, -0.15) is 0 Å². The maximum absolute atomic E-state index is 12.7. The van der Waals surface area contributed by atoms with E-state index in [1.165, 1.54) is 11.8 Å². The average molecular weight is 437 g/mol. The van der Waals surface area contributed by atoms with Gasteiger partial charge in [-0.3, -0.25) is 9.69 Å². The summed E-state index contributed by atoms with van der Waals surface area (Å²) in [6.45, 7) is 4.02. The van der Waals surface area contributed by atoms with Crippen LogP contribution >= 0.6 is 11.8 Å². The second-order valence-electron chi connectivity index (χ2n) is 7.70. The normalized spacial score (nSPS) is 19.7. The van der Waals surface area contributed by atoms with Gasteiger partial charge in [0.05, 0.1) is 26.0 Å². The molecule has 3 rings (SSSR count). The zero-order chi connectivity index (χ0) is 21.5. The Morgan fingerprint density at radius 2 is 1.93 bits per heavy atom. The van der Waals surface area contributed by atoms with Gasteiger partial charge in [0.1, 0.15) is 6.61 Å². The molecule has 2 aliphatic rings. The predicted octanol–water partition coefficient (Wildman–Crippen LogP) is 3.80. The highest BCUT2D eigenvalue weighted by atomic mass is 32.2. The van der Waals surface area contributed by atoms with Crippen molar-refractivity contribution >= 4 is 23.8 Å². The Bertz CT molecular complexity index is 736. The van der Waals surface area contributed by atoms with Gasteiger partial charge in [0, 0.05) is 24.0 Å². The van der Waals surface area contributed by atoms with Crippen LogP contribution in [0.4, 0.5) is 4.79 Å². The second kappa shape index (κ2) is 10.8. The van der Waals surface area contributed by atoms with E-state index in [1.54, 1.807) is 14.2 Å². The molecule has 0 aliphatic carbocycles. The molecular weight excluding hydrogens is 404 g/mol. The highest BCUT2D eigenvalue weighted by molar-refractivity contribution is 8.00. The fraction of sp³-hybridized carbons (Fsp3) is 0.636. The van der Waals surface area contributed by atoms with Crippen LogP contribution in [0.5, 0.6) is 11.5 Å². The lowest BCUT2D eigenvalue weighted by Crippen LogP contribution is -2.50. The van der Waals surface area contributed by atoms with Gasteiger partial charge in [0.25, 0.3) is 0 Å². The number of unbranched alkanes of at least 4 members (excludes halogenated alkanes) is 1. The average Bonchev–Trinajstić information content (AvgIpc) is 3.15. The topological polar surface area (TPSA) is 68.3 Å². The molecular formula is C22H32N2O5S.